The van der Waals surface area contributed by atoms with Crippen molar-refractivity contribution in [3.63, 3.8) is 0 Å². The number of carbonyl (C=O) groups excluding carboxylic acids is 2. The van der Waals surface area contributed by atoms with Gasteiger partial charge in [-0.2, -0.15) is 0 Å². The van der Waals surface area contributed by atoms with E-state index in [1.54, 1.807) is 12.0 Å². The van der Waals surface area contributed by atoms with Crippen molar-refractivity contribution >= 4 is 23.3 Å². The van der Waals surface area contributed by atoms with Gasteiger partial charge in [0.1, 0.15) is 0 Å². The Hall–Kier alpha value is -2.12. The van der Waals surface area contributed by atoms with Gasteiger partial charge in [-0.3, -0.25) is 9.69 Å². The maximum Gasteiger partial charge on any atom is 0.319 e. The van der Waals surface area contributed by atoms with Crippen LogP contribution in [-0.2, 0) is 9.53 Å². The predicted octanol–water partition coefficient (Wildman–Crippen LogP) is 2.04. The molecule has 7 nitrogen and oxygen atoms in total. The number of urea groups is 1. The molecule has 1 aromatic carbocycles. The minimum absolute atomic E-state index is 0.00768. The SMILES string of the molecule is CO[C@@H]1CN(C(C)C)C[C@H]1NC(=O)Nc1ccc(N2CCCC2=O)cc1. The molecule has 0 radical (unpaired) electrons. The Bertz CT molecular complexity index is 647. The first-order valence-electron chi connectivity index (χ1n) is 9.22. The number of methoxy groups -OCH3 is 1. The fourth-order valence-electron chi connectivity index (χ4n) is 3.58. The Morgan fingerprint density at radius 2 is 1.96 bits per heavy atom. The van der Waals surface area contributed by atoms with E-state index in [0.29, 0.717) is 18.2 Å². The summed E-state index contributed by atoms with van der Waals surface area (Å²) in [6.07, 6.45) is 1.50. The number of nitrogens with one attached hydrogen (secondary N) is 2. The Balaban J connectivity index is 1.55. The first-order valence-corrected chi connectivity index (χ1v) is 9.22. The van der Waals surface area contributed by atoms with Crippen LogP contribution in [0.25, 0.3) is 0 Å². The number of hydrogen-bond acceptors (Lipinski definition) is 4. The highest BCUT2D eigenvalue weighted by Crippen LogP contribution is 2.23. The summed E-state index contributed by atoms with van der Waals surface area (Å²) in [5.74, 6) is 0.157. The molecular weight excluding hydrogens is 332 g/mol. The molecule has 0 aliphatic carbocycles. The van der Waals surface area contributed by atoms with Crippen molar-refractivity contribution in [2.45, 2.75) is 44.9 Å². The molecule has 0 bridgehead atoms. The zero-order chi connectivity index (χ0) is 18.7. The van der Waals surface area contributed by atoms with Gasteiger partial charge in [-0.15, -0.1) is 0 Å². The summed E-state index contributed by atoms with van der Waals surface area (Å²) in [6.45, 7) is 6.64. The Morgan fingerprint density at radius 1 is 1.23 bits per heavy atom. The normalized spacial score (nSPS) is 23.7. The Morgan fingerprint density at radius 3 is 2.54 bits per heavy atom. The molecule has 2 fully saturated rings. The van der Waals surface area contributed by atoms with Gasteiger partial charge in [-0.05, 0) is 44.5 Å². The summed E-state index contributed by atoms with van der Waals surface area (Å²) < 4.78 is 5.52. The van der Waals surface area contributed by atoms with E-state index in [-0.39, 0.29) is 24.1 Å². The molecule has 3 rings (SSSR count). The van der Waals surface area contributed by atoms with E-state index in [1.165, 1.54) is 0 Å². The molecule has 2 aliphatic rings. The summed E-state index contributed by atoms with van der Waals surface area (Å²) in [5.41, 5.74) is 1.58. The van der Waals surface area contributed by atoms with Crippen molar-refractivity contribution in [1.82, 2.24) is 10.2 Å². The molecule has 0 spiro atoms. The number of amides is 3. The topological polar surface area (TPSA) is 73.9 Å². The number of hydrogen-bond donors (Lipinski definition) is 2. The molecule has 2 N–H and O–H groups in total. The summed E-state index contributed by atoms with van der Waals surface area (Å²) in [6, 6.07) is 7.52. The third-order valence-electron chi connectivity index (χ3n) is 5.15. The van der Waals surface area contributed by atoms with Crippen LogP contribution in [0.3, 0.4) is 0 Å². The number of likely N-dealkylation sites (tertiary alicyclic amines) is 1. The number of rotatable bonds is 5. The van der Waals surface area contributed by atoms with Crippen molar-refractivity contribution in [2.75, 3.05) is 37.0 Å². The molecule has 0 saturated carbocycles. The van der Waals surface area contributed by atoms with Gasteiger partial charge < -0.3 is 20.3 Å². The largest absolute Gasteiger partial charge is 0.378 e. The van der Waals surface area contributed by atoms with Crippen LogP contribution in [0.4, 0.5) is 16.2 Å². The summed E-state index contributed by atoms with van der Waals surface area (Å²) in [4.78, 5) is 28.2. The van der Waals surface area contributed by atoms with Crippen LogP contribution in [0.5, 0.6) is 0 Å². The fourth-order valence-corrected chi connectivity index (χ4v) is 3.58. The van der Waals surface area contributed by atoms with E-state index in [0.717, 1.165) is 31.7 Å². The highest BCUT2D eigenvalue weighted by atomic mass is 16.5. The fraction of sp³-hybridized carbons (Fsp3) is 0.579. The predicted molar refractivity (Wildman–Crippen MR) is 101 cm³/mol. The van der Waals surface area contributed by atoms with Gasteiger partial charge >= 0.3 is 6.03 Å². The average molecular weight is 360 g/mol. The summed E-state index contributed by atoms with van der Waals surface area (Å²) in [5, 5.41) is 5.87. The second kappa shape index (κ2) is 8.05. The second-order valence-electron chi connectivity index (χ2n) is 7.22. The molecule has 2 saturated heterocycles. The highest BCUT2D eigenvalue weighted by Gasteiger charge is 2.34. The van der Waals surface area contributed by atoms with Crippen molar-refractivity contribution in [2.24, 2.45) is 0 Å². The zero-order valence-corrected chi connectivity index (χ0v) is 15.7. The molecule has 26 heavy (non-hydrogen) atoms. The second-order valence-corrected chi connectivity index (χ2v) is 7.22. The van der Waals surface area contributed by atoms with Gasteiger partial charge in [0.05, 0.1) is 12.1 Å². The standard InChI is InChI=1S/C19H28N4O3/c1-13(2)22-11-16(17(12-22)26-3)21-19(25)20-14-6-8-15(9-7-14)23-10-4-5-18(23)24/h6-9,13,16-17H,4-5,10-12H2,1-3H3,(H2,20,21,25)/t16-,17-/m1/s1. The van der Waals surface area contributed by atoms with Crippen LogP contribution in [0.2, 0.25) is 0 Å². The molecule has 2 heterocycles. The molecule has 2 atom stereocenters. The third kappa shape index (κ3) is 4.16. The molecule has 142 valence electrons. The van der Waals surface area contributed by atoms with Crippen LogP contribution >= 0.6 is 0 Å². The van der Waals surface area contributed by atoms with Gasteiger partial charge in [0, 0.05) is 50.6 Å². The van der Waals surface area contributed by atoms with E-state index in [9.17, 15) is 9.59 Å². The van der Waals surface area contributed by atoms with Crippen molar-refractivity contribution in [1.29, 1.82) is 0 Å². The zero-order valence-electron chi connectivity index (χ0n) is 15.7. The quantitative estimate of drug-likeness (QED) is 0.843. The Kier molecular flexibility index (Phi) is 5.78. The van der Waals surface area contributed by atoms with Crippen molar-refractivity contribution in [3.05, 3.63) is 24.3 Å². The van der Waals surface area contributed by atoms with E-state index >= 15 is 0 Å². The molecular formula is C19H28N4O3. The van der Waals surface area contributed by atoms with E-state index < -0.39 is 0 Å². The highest BCUT2D eigenvalue weighted by molar-refractivity contribution is 5.96. The van der Waals surface area contributed by atoms with Gasteiger partial charge in [-0.1, -0.05) is 0 Å². The first-order chi connectivity index (χ1) is 12.5. The molecule has 2 aliphatic heterocycles. The lowest BCUT2D eigenvalue weighted by Gasteiger charge is -2.20. The summed E-state index contributed by atoms with van der Waals surface area (Å²) >= 11 is 0. The molecule has 0 aromatic heterocycles. The number of carbonyl (C=O) groups is 2. The van der Waals surface area contributed by atoms with Crippen LogP contribution < -0.4 is 15.5 Å². The van der Waals surface area contributed by atoms with Gasteiger partial charge in [0.2, 0.25) is 5.91 Å². The Labute approximate surface area is 154 Å². The molecule has 1 aromatic rings. The average Bonchev–Trinajstić information content (AvgIpc) is 3.21. The summed E-state index contributed by atoms with van der Waals surface area (Å²) in [7, 11) is 1.68. The van der Waals surface area contributed by atoms with Gasteiger partial charge in [0.15, 0.2) is 0 Å². The van der Waals surface area contributed by atoms with E-state index in [2.05, 4.69) is 29.4 Å². The van der Waals surface area contributed by atoms with Crippen LogP contribution in [-0.4, -0.2) is 61.8 Å². The van der Waals surface area contributed by atoms with Crippen LogP contribution in [0.1, 0.15) is 26.7 Å². The smallest absolute Gasteiger partial charge is 0.319 e. The van der Waals surface area contributed by atoms with Crippen LogP contribution in [0.15, 0.2) is 24.3 Å². The lowest BCUT2D eigenvalue weighted by atomic mass is 10.2. The molecule has 0 unspecified atom stereocenters. The monoisotopic (exact) mass is 360 g/mol. The number of ether oxygens (including phenoxy) is 1. The minimum Gasteiger partial charge on any atom is -0.378 e. The van der Waals surface area contributed by atoms with Gasteiger partial charge in [0.25, 0.3) is 0 Å². The van der Waals surface area contributed by atoms with Crippen molar-refractivity contribution < 1.29 is 14.3 Å². The number of anilines is 2. The van der Waals surface area contributed by atoms with E-state index in [4.69, 9.17) is 4.74 Å². The maximum absolute atomic E-state index is 12.3. The van der Waals surface area contributed by atoms with Crippen LogP contribution in [0, 0.1) is 0 Å². The lowest BCUT2D eigenvalue weighted by molar-refractivity contribution is -0.117. The van der Waals surface area contributed by atoms with Crippen molar-refractivity contribution in [3.8, 4) is 0 Å². The third-order valence-corrected chi connectivity index (χ3v) is 5.15. The molecule has 7 heteroatoms. The molecule has 3 amide bonds. The number of benzene rings is 1. The minimum atomic E-state index is -0.243. The first kappa shape index (κ1) is 18.7. The van der Waals surface area contributed by atoms with Gasteiger partial charge in [-0.25, -0.2) is 4.79 Å². The number of nitrogens with zero attached hydrogens (tertiary/aromatic N) is 2. The maximum atomic E-state index is 12.3. The lowest BCUT2D eigenvalue weighted by Crippen LogP contribution is -2.45. The van der Waals surface area contributed by atoms with E-state index in [1.807, 2.05) is 24.3 Å².